The van der Waals surface area contributed by atoms with Gasteiger partial charge in [0.15, 0.2) is 0 Å². The van der Waals surface area contributed by atoms with E-state index in [-0.39, 0.29) is 4.90 Å². The lowest BCUT2D eigenvalue weighted by Gasteiger charge is -2.28. The summed E-state index contributed by atoms with van der Waals surface area (Å²) in [5.41, 5.74) is 0.136. The first-order chi connectivity index (χ1) is 10.1. The third kappa shape index (κ3) is 3.37. The van der Waals surface area contributed by atoms with Crippen molar-refractivity contribution in [1.29, 1.82) is 0 Å². The standard InChI is InChI=1S/C15H21N3O3S/c1-5-17-22(20,21)14-9-11-6-7-16-13(11)8-12(14)10-18(19)15(2,3)4/h6-10,17,19H,5H2,1-4H3. The van der Waals surface area contributed by atoms with Crippen molar-refractivity contribution in [3.8, 4) is 0 Å². The summed E-state index contributed by atoms with van der Waals surface area (Å²) in [5, 5.41) is 12.3. The van der Waals surface area contributed by atoms with Gasteiger partial charge >= 0.3 is 0 Å². The zero-order valence-electron chi connectivity index (χ0n) is 13.2. The summed E-state index contributed by atoms with van der Waals surface area (Å²) in [5.74, 6) is 0. The topological polar surface area (TPSA) is 82.0 Å². The van der Waals surface area contributed by atoms with E-state index < -0.39 is 15.6 Å². The van der Waals surface area contributed by atoms with E-state index in [1.54, 1.807) is 31.3 Å². The van der Waals surface area contributed by atoms with Gasteiger partial charge in [0, 0.05) is 29.4 Å². The number of hydrogen-bond acceptors (Lipinski definition) is 5. The number of nitrogens with one attached hydrogen (secondary N) is 1. The Kier molecular flexibility index (Phi) is 4.42. The van der Waals surface area contributed by atoms with E-state index in [4.69, 9.17) is 0 Å². The van der Waals surface area contributed by atoms with Gasteiger partial charge in [0.05, 0.1) is 16.1 Å². The molecule has 0 radical (unpaired) electrons. The number of hydroxylamine groups is 2. The van der Waals surface area contributed by atoms with Crippen LogP contribution in [0.25, 0.3) is 12.3 Å². The molecule has 0 unspecified atom stereocenters. The van der Waals surface area contributed by atoms with Crippen LogP contribution in [0.1, 0.15) is 27.7 Å². The van der Waals surface area contributed by atoms with Gasteiger partial charge in [-0.1, -0.05) is 6.92 Å². The maximum atomic E-state index is 12.4. The Morgan fingerprint density at radius 2 is 2.05 bits per heavy atom. The Labute approximate surface area is 130 Å². The molecule has 7 heteroatoms. The van der Waals surface area contributed by atoms with Gasteiger partial charge in [-0.25, -0.2) is 13.1 Å². The Bertz CT molecular complexity index is 821. The minimum absolute atomic E-state index is 0.123. The third-order valence-electron chi connectivity index (χ3n) is 3.20. The molecule has 2 rings (SSSR count). The molecule has 0 atom stereocenters. The zero-order chi connectivity index (χ0) is 16.5. The van der Waals surface area contributed by atoms with Gasteiger partial charge < -0.3 is 0 Å². The molecule has 6 nitrogen and oxygen atoms in total. The lowest BCUT2D eigenvalue weighted by molar-refractivity contribution is -0.0906. The average molecular weight is 323 g/mol. The van der Waals surface area contributed by atoms with Gasteiger partial charge in [-0.15, -0.1) is 0 Å². The summed E-state index contributed by atoms with van der Waals surface area (Å²) in [6.07, 6.45) is 4.79. The van der Waals surface area contributed by atoms with Crippen molar-refractivity contribution in [3.63, 3.8) is 0 Å². The molecule has 2 N–H and O–H groups in total. The van der Waals surface area contributed by atoms with E-state index in [0.29, 0.717) is 17.5 Å². The minimum Gasteiger partial charge on any atom is -0.288 e. The van der Waals surface area contributed by atoms with Crippen molar-refractivity contribution in [3.05, 3.63) is 22.6 Å². The van der Waals surface area contributed by atoms with Crippen LogP contribution < -0.4 is 15.2 Å². The summed E-state index contributed by atoms with van der Waals surface area (Å²) < 4.78 is 27.3. The number of nitrogens with zero attached hydrogens (tertiary/aromatic N) is 2. The second kappa shape index (κ2) is 5.83. The highest BCUT2D eigenvalue weighted by Crippen LogP contribution is 2.13. The monoisotopic (exact) mass is 323 g/mol. The van der Waals surface area contributed by atoms with Gasteiger partial charge in [0.1, 0.15) is 0 Å². The molecule has 1 heterocycles. The van der Waals surface area contributed by atoms with Crippen molar-refractivity contribution in [2.75, 3.05) is 6.54 Å². The number of fused-ring (bicyclic) bond motifs is 1. The van der Waals surface area contributed by atoms with Gasteiger partial charge in [-0.3, -0.25) is 15.3 Å². The molecule has 0 saturated carbocycles. The molecule has 120 valence electrons. The molecule has 1 aromatic carbocycles. The fraction of sp³-hybridized carbons (Fsp3) is 0.400. The molecule has 1 aliphatic rings. The average Bonchev–Trinajstić information content (AvgIpc) is 2.83. The summed E-state index contributed by atoms with van der Waals surface area (Å²) in [7, 11) is -3.65. The Hall–Kier alpha value is -1.70. The van der Waals surface area contributed by atoms with Crippen LogP contribution in [-0.4, -0.2) is 37.0 Å². The predicted molar refractivity (Wildman–Crippen MR) is 87.0 cm³/mol. The number of aliphatic imine (C=N–C) groups is 1. The van der Waals surface area contributed by atoms with Gasteiger partial charge in [-0.05, 0) is 39.0 Å². The summed E-state index contributed by atoms with van der Waals surface area (Å²) in [4.78, 5) is 4.31. The molecule has 1 aromatic rings. The third-order valence-corrected chi connectivity index (χ3v) is 4.80. The molecule has 0 spiro atoms. The number of sulfonamides is 1. The van der Waals surface area contributed by atoms with Crippen LogP contribution in [0.15, 0.2) is 22.0 Å². The van der Waals surface area contributed by atoms with Crippen molar-refractivity contribution >= 4 is 34.2 Å². The van der Waals surface area contributed by atoms with Crippen LogP contribution in [0.2, 0.25) is 0 Å². The van der Waals surface area contributed by atoms with Crippen LogP contribution >= 0.6 is 0 Å². The minimum atomic E-state index is -3.65. The molecule has 0 aliphatic carbocycles. The van der Waals surface area contributed by atoms with Crippen LogP contribution in [0.5, 0.6) is 0 Å². The van der Waals surface area contributed by atoms with Crippen LogP contribution in [0, 0.1) is 0 Å². The van der Waals surface area contributed by atoms with Crippen molar-refractivity contribution in [2.24, 2.45) is 4.99 Å². The van der Waals surface area contributed by atoms with E-state index in [9.17, 15) is 13.6 Å². The first-order valence-electron chi connectivity index (χ1n) is 7.03. The lowest BCUT2D eigenvalue weighted by Crippen LogP contribution is -2.37. The second-order valence-corrected chi connectivity index (χ2v) is 7.77. The molecular formula is C15H21N3O3S. The molecular weight excluding hydrogens is 302 g/mol. The van der Waals surface area contributed by atoms with Crippen molar-refractivity contribution in [1.82, 2.24) is 9.79 Å². The normalized spacial score (nSPS) is 14.9. The largest absolute Gasteiger partial charge is 0.288 e. The fourth-order valence-electron chi connectivity index (χ4n) is 1.97. The summed E-state index contributed by atoms with van der Waals surface area (Å²) in [6, 6.07) is 3.23. The number of benzene rings is 1. The van der Waals surface area contributed by atoms with E-state index in [1.807, 2.05) is 20.8 Å². The Balaban J connectivity index is 2.70. The zero-order valence-corrected chi connectivity index (χ0v) is 14.0. The predicted octanol–water partition coefficient (Wildman–Crippen LogP) is 0.709. The SMILES string of the molecule is CCNS(=O)(=O)c1cc2c(cc1=CN(O)C(C)(C)C)N=CC=2. The quantitative estimate of drug-likeness (QED) is 0.800. The molecule has 0 bridgehead atoms. The van der Waals surface area contributed by atoms with E-state index in [1.165, 1.54) is 6.20 Å². The first-order valence-corrected chi connectivity index (χ1v) is 8.51. The molecule has 1 aliphatic heterocycles. The van der Waals surface area contributed by atoms with Crippen LogP contribution in [-0.2, 0) is 10.0 Å². The molecule has 22 heavy (non-hydrogen) atoms. The molecule has 0 amide bonds. The van der Waals surface area contributed by atoms with Crippen molar-refractivity contribution < 1.29 is 13.6 Å². The fourth-order valence-corrected chi connectivity index (χ4v) is 3.21. The van der Waals surface area contributed by atoms with E-state index >= 15 is 0 Å². The second-order valence-electron chi connectivity index (χ2n) is 6.04. The van der Waals surface area contributed by atoms with Crippen LogP contribution in [0.4, 0.5) is 5.69 Å². The Morgan fingerprint density at radius 3 is 2.64 bits per heavy atom. The van der Waals surface area contributed by atoms with Gasteiger partial charge in [0.2, 0.25) is 10.0 Å². The maximum absolute atomic E-state index is 12.4. The molecule has 0 aromatic heterocycles. The summed E-state index contributed by atoms with van der Waals surface area (Å²) >= 11 is 0. The van der Waals surface area contributed by atoms with Crippen LogP contribution in [0.3, 0.4) is 0 Å². The van der Waals surface area contributed by atoms with Crippen molar-refractivity contribution in [2.45, 2.75) is 38.1 Å². The smallest absolute Gasteiger partial charge is 0.241 e. The molecule has 0 saturated heterocycles. The van der Waals surface area contributed by atoms with E-state index in [0.717, 1.165) is 10.3 Å². The lowest BCUT2D eigenvalue weighted by atomic mass is 10.1. The first kappa shape index (κ1) is 16.7. The van der Waals surface area contributed by atoms with E-state index in [2.05, 4.69) is 9.71 Å². The maximum Gasteiger partial charge on any atom is 0.241 e. The highest BCUT2D eigenvalue weighted by Gasteiger charge is 2.20. The Morgan fingerprint density at radius 1 is 1.36 bits per heavy atom. The number of hydrogen-bond donors (Lipinski definition) is 2. The van der Waals surface area contributed by atoms with Gasteiger partial charge in [0.25, 0.3) is 0 Å². The summed E-state index contributed by atoms with van der Waals surface area (Å²) in [6.45, 7) is 7.47. The highest BCUT2D eigenvalue weighted by molar-refractivity contribution is 7.89. The highest BCUT2D eigenvalue weighted by atomic mass is 32.2. The molecule has 0 fully saturated rings. The van der Waals surface area contributed by atoms with Gasteiger partial charge in [-0.2, -0.15) is 0 Å². The number of rotatable bonds is 4.